The molecule has 4 rings (SSSR count). The first-order valence-electron chi connectivity index (χ1n) is 10.9. The summed E-state index contributed by atoms with van der Waals surface area (Å²) in [5, 5.41) is 8.08. The molecule has 0 saturated carbocycles. The number of carbonyl (C=O) groups is 1. The SMILES string of the molecule is O=C(c1ccn(C2CCCNC2)n1)N1CCCCC1CCCc1ccccc1. The Labute approximate surface area is 168 Å². The molecule has 2 aliphatic heterocycles. The van der Waals surface area contributed by atoms with Crippen molar-refractivity contribution in [1.29, 1.82) is 0 Å². The molecule has 2 aliphatic rings. The van der Waals surface area contributed by atoms with Gasteiger partial charge in [0, 0.05) is 25.3 Å². The summed E-state index contributed by atoms with van der Waals surface area (Å²) in [5.74, 6) is 0.118. The third kappa shape index (κ3) is 4.64. The Hall–Kier alpha value is -2.14. The number of nitrogens with zero attached hydrogens (tertiary/aromatic N) is 3. The number of amides is 1. The third-order valence-electron chi connectivity index (χ3n) is 6.21. The highest BCUT2D eigenvalue weighted by Gasteiger charge is 2.29. The van der Waals surface area contributed by atoms with Crippen molar-refractivity contribution in [3.63, 3.8) is 0 Å². The maximum atomic E-state index is 13.2. The molecule has 3 heterocycles. The van der Waals surface area contributed by atoms with Gasteiger partial charge in [-0.2, -0.15) is 5.10 Å². The van der Waals surface area contributed by atoms with Gasteiger partial charge in [0.05, 0.1) is 6.04 Å². The molecule has 1 N–H and O–H groups in total. The quantitative estimate of drug-likeness (QED) is 0.829. The molecule has 1 amide bonds. The van der Waals surface area contributed by atoms with E-state index in [9.17, 15) is 4.79 Å². The minimum atomic E-state index is 0.118. The first-order valence-corrected chi connectivity index (χ1v) is 10.9. The minimum absolute atomic E-state index is 0.118. The number of nitrogens with one attached hydrogen (secondary N) is 1. The van der Waals surface area contributed by atoms with Crippen LogP contribution in [0.2, 0.25) is 0 Å². The number of hydrogen-bond acceptors (Lipinski definition) is 3. The van der Waals surface area contributed by atoms with Crippen LogP contribution in [0.1, 0.15) is 67.0 Å². The first kappa shape index (κ1) is 19.2. The van der Waals surface area contributed by atoms with E-state index >= 15 is 0 Å². The Morgan fingerprint density at radius 3 is 2.82 bits per heavy atom. The van der Waals surface area contributed by atoms with Crippen LogP contribution in [0, 0.1) is 0 Å². The lowest BCUT2D eigenvalue weighted by Crippen LogP contribution is -2.44. The average molecular weight is 381 g/mol. The summed E-state index contributed by atoms with van der Waals surface area (Å²) in [7, 11) is 0. The third-order valence-corrected chi connectivity index (χ3v) is 6.21. The van der Waals surface area contributed by atoms with Crippen LogP contribution in [-0.2, 0) is 6.42 Å². The molecule has 2 atom stereocenters. The maximum Gasteiger partial charge on any atom is 0.274 e. The second-order valence-electron chi connectivity index (χ2n) is 8.21. The van der Waals surface area contributed by atoms with Gasteiger partial charge in [-0.25, -0.2) is 0 Å². The van der Waals surface area contributed by atoms with E-state index in [1.807, 2.05) is 16.9 Å². The molecule has 150 valence electrons. The van der Waals surface area contributed by atoms with E-state index in [0.717, 1.165) is 58.2 Å². The monoisotopic (exact) mass is 380 g/mol. The van der Waals surface area contributed by atoms with Gasteiger partial charge in [-0.1, -0.05) is 30.3 Å². The summed E-state index contributed by atoms with van der Waals surface area (Å²) in [4.78, 5) is 15.3. The largest absolute Gasteiger partial charge is 0.334 e. The summed E-state index contributed by atoms with van der Waals surface area (Å²) < 4.78 is 1.99. The molecule has 0 aliphatic carbocycles. The highest BCUT2D eigenvalue weighted by Crippen LogP contribution is 2.24. The second kappa shape index (κ2) is 9.37. The zero-order chi connectivity index (χ0) is 19.2. The summed E-state index contributed by atoms with van der Waals surface area (Å²) in [6.07, 6.45) is 11.0. The van der Waals surface area contributed by atoms with Gasteiger partial charge in [-0.3, -0.25) is 9.48 Å². The number of likely N-dealkylation sites (tertiary alicyclic amines) is 1. The molecule has 28 heavy (non-hydrogen) atoms. The van der Waals surface area contributed by atoms with Crippen LogP contribution >= 0.6 is 0 Å². The normalized spacial score (nSPS) is 22.9. The van der Waals surface area contributed by atoms with Gasteiger partial charge in [0.1, 0.15) is 5.69 Å². The fourth-order valence-corrected chi connectivity index (χ4v) is 4.62. The fourth-order valence-electron chi connectivity index (χ4n) is 4.62. The Bertz CT molecular complexity index is 751. The van der Waals surface area contributed by atoms with E-state index in [1.54, 1.807) is 0 Å². The highest BCUT2D eigenvalue weighted by atomic mass is 16.2. The van der Waals surface area contributed by atoms with Crippen molar-refractivity contribution in [3.05, 3.63) is 53.9 Å². The van der Waals surface area contributed by atoms with Gasteiger partial charge in [-0.15, -0.1) is 0 Å². The summed E-state index contributed by atoms with van der Waals surface area (Å²) in [6.45, 7) is 2.90. The molecule has 5 nitrogen and oxygen atoms in total. The Balaban J connectivity index is 1.36. The number of benzene rings is 1. The molecule has 2 aromatic rings. The average Bonchev–Trinajstić information content (AvgIpc) is 3.25. The highest BCUT2D eigenvalue weighted by molar-refractivity contribution is 5.92. The van der Waals surface area contributed by atoms with Gasteiger partial charge in [0.25, 0.3) is 5.91 Å². The molecule has 2 unspecified atom stereocenters. The van der Waals surface area contributed by atoms with Crippen LogP contribution in [0.4, 0.5) is 0 Å². The molecule has 0 spiro atoms. The molecule has 2 fully saturated rings. The fraction of sp³-hybridized carbons (Fsp3) is 0.565. The zero-order valence-electron chi connectivity index (χ0n) is 16.7. The number of hydrogen-bond donors (Lipinski definition) is 1. The predicted octanol–water partition coefficient (Wildman–Crippen LogP) is 3.83. The van der Waals surface area contributed by atoms with E-state index in [1.165, 1.54) is 18.4 Å². The van der Waals surface area contributed by atoms with Crippen molar-refractivity contribution in [2.75, 3.05) is 19.6 Å². The van der Waals surface area contributed by atoms with Crippen LogP contribution < -0.4 is 5.32 Å². The molecule has 2 saturated heterocycles. The smallest absolute Gasteiger partial charge is 0.274 e. The van der Waals surface area contributed by atoms with E-state index in [0.29, 0.717) is 17.8 Å². The van der Waals surface area contributed by atoms with Gasteiger partial charge in [0.15, 0.2) is 0 Å². The van der Waals surface area contributed by atoms with Gasteiger partial charge >= 0.3 is 0 Å². The van der Waals surface area contributed by atoms with Gasteiger partial charge < -0.3 is 10.2 Å². The lowest BCUT2D eigenvalue weighted by Gasteiger charge is -2.35. The van der Waals surface area contributed by atoms with Crippen molar-refractivity contribution < 1.29 is 4.79 Å². The van der Waals surface area contributed by atoms with Crippen LogP contribution in [0.25, 0.3) is 0 Å². The van der Waals surface area contributed by atoms with Gasteiger partial charge in [-0.05, 0) is 69.5 Å². The summed E-state index contributed by atoms with van der Waals surface area (Å²) in [6, 6.07) is 13.3. The lowest BCUT2D eigenvalue weighted by molar-refractivity contribution is 0.0591. The Morgan fingerprint density at radius 2 is 2.00 bits per heavy atom. The van der Waals surface area contributed by atoms with E-state index in [4.69, 9.17) is 0 Å². The first-order chi connectivity index (χ1) is 13.8. The molecule has 0 radical (unpaired) electrons. The minimum Gasteiger partial charge on any atom is -0.334 e. The zero-order valence-corrected chi connectivity index (χ0v) is 16.7. The Kier molecular flexibility index (Phi) is 6.42. The van der Waals surface area contributed by atoms with Crippen LogP contribution in [-0.4, -0.2) is 46.3 Å². The molecular weight excluding hydrogens is 348 g/mol. The van der Waals surface area contributed by atoms with Crippen molar-refractivity contribution in [3.8, 4) is 0 Å². The van der Waals surface area contributed by atoms with Gasteiger partial charge in [0.2, 0.25) is 0 Å². The van der Waals surface area contributed by atoms with E-state index < -0.39 is 0 Å². The molecule has 1 aromatic heterocycles. The van der Waals surface area contributed by atoms with Crippen LogP contribution in [0.3, 0.4) is 0 Å². The number of piperidine rings is 2. The number of carbonyl (C=O) groups excluding carboxylic acids is 1. The molecule has 0 bridgehead atoms. The van der Waals surface area contributed by atoms with Crippen LogP contribution in [0.5, 0.6) is 0 Å². The van der Waals surface area contributed by atoms with Crippen LogP contribution in [0.15, 0.2) is 42.6 Å². The number of aromatic nitrogens is 2. The second-order valence-corrected chi connectivity index (χ2v) is 8.21. The topological polar surface area (TPSA) is 50.2 Å². The predicted molar refractivity (Wildman–Crippen MR) is 111 cm³/mol. The van der Waals surface area contributed by atoms with Crippen molar-refractivity contribution in [2.45, 2.75) is 63.5 Å². The van der Waals surface area contributed by atoms with E-state index in [-0.39, 0.29) is 5.91 Å². The van der Waals surface area contributed by atoms with Crippen molar-refractivity contribution in [2.24, 2.45) is 0 Å². The standard InChI is InChI=1S/C23H32N4O/c28-23(22-14-17-27(25-22)21-13-7-15-24-18-21)26-16-5-4-11-20(26)12-6-10-19-8-2-1-3-9-19/h1-3,8-9,14,17,20-21,24H,4-7,10-13,15-16,18H2. The molecule has 5 heteroatoms. The molecular formula is C23H32N4O. The van der Waals surface area contributed by atoms with Crippen molar-refractivity contribution >= 4 is 5.91 Å². The van der Waals surface area contributed by atoms with E-state index in [2.05, 4.69) is 45.6 Å². The summed E-state index contributed by atoms with van der Waals surface area (Å²) >= 11 is 0. The van der Waals surface area contributed by atoms with Crippen molar-refractivity contribution in [1.82, 2.24) is 20.0 Å². The maximum absolute atomic E-state index is 13.2. The number of aryl methyl sites for hydroxylation is 1. The summed E-state index contributed by atoms with van der Waals surface area (Å²) in [5.41, 5.74) is 2.00. The Morgan fingerprint density at radius 1 is 1.11 bits per heavy atom. The number of rotatable bonds is 6. The lowest BCUT2D eigenvalue weighted by atomic mass is 9.95. The molecule has 1 aromatic carbocycles.